The zero-order valence-electron chi connectivity index (χ0n) is 12.8. The van der Waals surface area contributed by atoms with Crippen LogP contribution >= 0.6 is 0 Å². The van der Waals surface area contributed by atoms with Gasteiger partial charge in [0.25, 0.3) is 0 Å². The van der Waals surface area contributed by atoms with Crippen molar-refractivity contribution in [2.75, 3.05) is 26.9 Å². The predicted molar refractivity (Wildman–Crippen MR) is 74.2 cm³/mol. The van der Waals surface area contributed by atoms with Crippen LogP contribution in [0.2, 0.25) is 0 Å². The topological polar surface area (TPSA) is 61.8 Å². The molecule has 0 heterocycles. The maximum absolute atomic E-state index is 12.5. The van der Waals surface area contributed by atoms with Crippen molar-refractivity contribution in [3.05, 3.63) is 0 Å². The molecule has 0 saturated heterocycles. The predicted octanol–water partition coefficient (Wildman–Crippen LogP) is 2.33. The molecule has 0 amide bonds. The second kappa shape index (κ2) is 8.25. The summed E-state index contributed by atoms with van der Waals surface area (Å²) in [6.07, 6.45) is 4.86. The summed E-state index contributed by atoms with van der Waals surface area (Å²) in [4.78, 5) is 24.9. The summed E-state index contributed by atoms with van der Waals surface area (Å²) in [6.45, 7) is 3.99. The summed E-state index contributed by atoms with van der Waals surface area (Å²) in [5, 5.41) is 0. The van der Waals surface area contributed by atoms with Gasteiger partial charge in [-0.2, -0.15) is 0 Å². The molecule has 0 aromatic rings. The Morgan fingerprint density at radius 2 is 1.50 bits per heavy atom. The van der Waals surface area contributed by atoms with Crippen molar-refractivity contribution in [3.63, 3.8) is 0 Å². The number of esters is 2. The van der Waals surface area contributed by atoms with Crippen molar-refractivity contribution in [1.82, 2.24) is 0 Å². The second-order valence-electron chi connectivity index (χ2n) is 5.18. The minimum absolute atomic E-state index is 0.0231. The van der Waals surface area contributed by atoms with Crippen LogP contribution in [0.4, 0.5) is 0 Å². The van der Waals surface area contributed by atoms with Crippen LogP contribution in [0.1, 0.15) is 46.0 Å². The van der Waals surface area contributed by atoms with Crippen molar-refractivity contribution in [2.24, 2.45) is 11.3 Å². The van der Waals surface area contributed by atoms with Gasteiger partial charge in [0.2, 0.25) is 0 Å². The van der Waals surface area contributed by atoms with E-state index in [0.717, 1.165) is 32.1 Å². The highest BCUT2D eigenvalue weighted by Gasteiger charge is 2.55. The van der Waals surface area contributed by atoms with E-state index in [1.807, 2.05) is 0 Å². The van der Waals surface area contributed by atoms with Gasteiger partial charge < -0.3 is 14.2 Å². The summed E-state index contributed by atoms with van der Waals surface area (Å²) in [7, 11) is 1.50. The molecule has 5 nitrogen and oxygen atoms in total. The van der Waals surface area contributed by atoms with Crippen LogP contribution in [0.25, 0.3) is 0 Å². The molecule has 20 heavy (non-hydrogen) atoms. The molecular weight excluding hydrogens is 260 g/mol. The number of hydrogen-bond donors (Lipinski definition) is 0. The summed E-state index contributed by atoms with van der Waals surface area (Å²) in [5.74, 6) is -1.08. The number of carbonyl (C=O) groups excluding carboxylic acids is 2. The van der Waals surface area contributed by atoms with E-state index in [4.69, 9.17) is 14.2 Å². The van der Waals surface area contributed by atoms with E-state index in [1.54, 1.807) is 13.8 Å². The highest BCUT2D eigenvalue weighted by molar-refractivity contribution is 6.00. The number of ether oxygens (including phenoxy) is 3. The third-order valence-electron chi connectivity index (χ3n) is 3.95. The molecule has 0 N–H and O–H groups in total. The maximum Gasteiger partial charge on any atom is 0.326 e. The monoisotopic (exact) mass is 286 g/mol. The van der Waals surface area contributed by atoms with Gasteiger partial charge in [0, 0.05) is 7.11 Å². The molecule has 1 fully saturated rings. The lowest BCUT2D eigenvalue weighted by Gasteiger charge is -2.37. The molecule has 0 radical (unpaired) electrons. The van der Waals surface area contributed by atoms with Crippen molar-refractivity contribution in [3.8, 4) is 0 Å². The SMILES string of the molecule is CCOC(=O)C(COC)(C(=O)OCC)C1CCCCC1. The molecule has 1 aliphatic rings. The van der Waals surface area contributed by atoms with Gasteiger partial charge in [-0.3, -0.25) is 9.59 Å². The van der Waals surface area contributed by atoms with Gasteiger partial charge in [0.05, 0.1) is 19.8 Å². The first kappa shape index (κ1) is 17.0. The van der Waals surface area contributed by atoms with Crippen LogP contribution in [0.5, 0.6) is 0 Å². The molecule has 0 aromatic heterocycles. The minimum Gasteiger partial charge on any atom is -0.465 e. The quantitative estimate of drug-likeness (QED) is 0.531. The minimum atomic E-state index is -1.30. The molecule has 1 aliphatic carbocycles. The molecule has 1 rings (SSSR count). The second-order valence-corrected chi connectivity index (χ2v) is 5.18. The van der Waals surface area contributed by atoms with E-state index in [1.165, 1.54) is 7.11 Å². The fraction of sp³-hybridized carbons (Fsp3) is 0.867. The fourth-order valence-electron chi connectivity index (χ4n) is 3.00. The van der Waals surface area contributed by atoms with Gasteiger partial charge in [-0.15, -0.1) is 0 Å². The van der Waals surface area contributed by atoms with Crippen LogP contribution in [-0.4, -0.2) is 38.9 Å². The fourth-order valence-corrected chi connectivity index (χ4v) is 3.00. The molecule has 0 spiro atoms. The zero-order chi connectivity index (χ0) is 15.0. The van der Waals surface area contributed by atoms with Crippen LogP contribution in [0.15, 0.2) is 0 Å². The smallest absolute Gasteiger partial charge is 0.326 e. The van der Waals surface area contributed by atoms with E-state index in [-0.39, 0.29) is 25.7 Å². The van der Waals surface area contributed by atoms with Gasteiger partial charge in [-0.1, -0.05) is 19.3 Å². The maximum atomic E-state index is 12.5. The summed E-state index contributed by atoms with van der Waals surface area (Å²) in [5.41, 5.74) is -1.30. The summed E-state index contributed by atoms with van der Waals surface area (Å²) >= 11 is 0. The van der Waals surface area contributed by atoms with E-state index < -0.39 is 17.4 Å². The molecule has 0 aliphatic heterocycles. The molecular formula is C15H26O5. The largest absolute Gasteiger partial charge is 0.465 e. The van der Waals surface area contributed by atoms with Crippen LogP contribution in [0.3, 0.4) is 0 Å². The lowest BCUT2D eigenvalue weighted by molar-refractivity contribution is -0.183. The van der Waals surface area contributed by atoms with Gasteiger partial charge >= 0.3 is 11.9 Å². The van der Waals surface area contributed by atoms with Gasteiger partial charge in [-0.05, 0) is 32.6 Å². The Kier molecular flexibility index (Phi) is 6.99. The lowest BCUT2D eigenvalue weighted by Crippen LogP contribution is -2.51. The van der Waals surface area contributed by atoms with E-state index >= 15 is 0 Å². The first-order chi connectivity index (χ1) is 9.63. The Balaban J connectivity index is 3.09. The van der Waals surface area contributed by atoms with Crippen LogP contribution < -0.4 is 0 Å². The summed E-state index contributed by atoms with van der Waals surface area (Å²) < 4.78 is 15.5. The van der Waals surface area contributed by atoms with Crippen molar-refractivity contribution < 1.29 is 23.8 Å². The third kappa shape index (κ3) is 3.51. The van der Waals surface area contributed by atoms with E-state index in [0.29, 0.717) is 0 Å². The van der Waals surface area contributed by atoms with Crippen molar-refractivity contribution >= 4 is 11.9 Å². The Bertz CT molecular complexity index is 302. The molecule has 116 valence electrons. The third-order valence-corrected chi connectivity index (χ3v) is 3.95. The molecule has 0 aromatic carbocycles. The Morgan fingerprint density at radius 3 is 1.90 bits per heavy atom. The molecule has 0 bridgehead atoms. The number of methoxy groups -OCH3 is 1. The standard InChI is InChI=1S/C15H26O5/c1-4-19-13(16)15(11-18-3,14(17)20-5-2)12-9-7-6-8-10-12/h12H,4-11H2,1-3H3. The Morgan fingerprint density at radius 1 is 1.00 bits per heavy atom. The highest BCUT2D eigenvalue weighted by atomic mass is 16.6. The van der Waals surface area contributed by atoms with Crippen molar-refractivity contribution in [1.29, 1.82) is 0 Å². The first-order valence-corrected chi connectivity index (χ1v) is 7.46. The number of rotatable bonds is 7. The zero-order valence-corrected chi connectivity index (χ0v) is 12.8. The highest BCUT2D eigenvalue weighted by Crippen LogP contribution is 2.41. The number of hydrogen-bond acceptors (Lipinski definition) is 5. The average molecular weight is 286 g/mol. The number of carbonyl (C=O) groups is 2. The first-order valence-electron chi connectivity index (χ1n) is 7.46. The molecule has 0 atom stereocenters. The Labute approximate surface area is 121 Å². The van der Waals surface area contributed by atoms with E-state index in [9.17, 15) is 9.59 Å². The van der Waals surface area contributed by atoms with Crippen LogP contribution in [0, 0.1) is 11.3 Å². The molecule has 1 saturated carbocycles. The van der Waals surface area contributed by atoms with Gasteiger partial charge in [-0.25, -0.2) is 0 Å². The van der Waals surface area contributed by atoms with Gasteiger partial charge in [0.1, 0.15) is 0 Å². The van der Waals surface area contributed by atoms with Crippen LogP contribution in [-0.2, 0) is 23.8 Å². The van der Waals surface area contributed by atoms with E-state index in [2.05, 4.69) is 0 Å². The average Bonchev–Trinajstić information content (AvgIpc) is 2.46. The lowest BCUT2D eigenvalue weighted by atomic mass is 9.69. The Hall–Kier alpha value is -1.10. The molecule has 5 heteroatoms. The van der Waals surface area contributed by atoms with Gasteiger partial charge in [0.15, 0.2) is 5.41 Å². The summed E-state index contributed by atoms with van der Waals surface area (Å²) in [6, 6.07) is 0. The normalized spacial score (nSPS) is 16.8. The van der Waals surface area contributed by atoms with Crippen molar-refractivity contribution in [2.45, 2.75) is 46.0 Å². The molecule has 0 unspecified atom stereocenters.